The van der Waals surface area contributed by atoms with Crippen LogP contribution in [0.3, 0.4) is 0 Å². The summed E-state index contributed by atoms with van der Waals surface area (Å²) in [4.78, 5) is 11.4. The minimum atomic E-state index is 0.287. The molecule has 5 aromatic rings. The highest BCUT2D eigenvalue weighted by molar-refractivity contribution is 5.57. The van der Waals surface area contributed by atoms with E-state index in [0.717, 1.165) is 42.1 Å². The molecule has 36 heavy (non-hydrogen) atoms. The van der Waals surface area contributed by atoms with Crippen LogP contribution in [0.2, 0.25) is 0 Å². The first-order valence-corrected chi connectivity index (χ1v) is 11.8. The van der Waals surface area contributed by atoms with Crippen molar-refractivity contribution in [3.63, 3.8) is 0 Å². The van der Waals surface area contributed by atoms with Gasteiger partial charge in [-0.2, -0.15) is 4.52 Å². The van der Waals surface area contributed by atoms with Crippen LogP contribution in [0, 0.1) is 0 Å². The normalized spacial score (nSPS) is 13.6. The average molecular weight is 483 g/mol. The monoisotopic (exact) mass is 482 g/mol. The van der Waals surface area contributed by atoms with Crippen molar-refractivity contribution in [2.75, 3.05) is 19.4 Å². The van der Waals surface area contributed by atoms with Crippen LogP contribution in [0.1, 0.15) is 22.3 Å². The lowest BCUT2D eigenvalue weighted by atomic mass is 9.98. The average Bonchev–Trinajstić information content (AvgIpc) is 3.60. The summed E-state index contributed by atoms with van der Waals surface area (Å²) in [6, 6.07) is 18.0. The fourth-order valence-corrected chi connectivity index (χ4v) is 4.56. The van der Waals surface area contributed by atoms with Crippen LogP contribution in [0.4, 0.5) is 5.95 Å². The first-order valence-electron chi connectivity index (χ1n) is 11.8. The Labute approximate surface area is 208 Å². The second-order valence-corrected chi connectivity index (χ2v) is 8.80. The lowest BCUT2D eigenvalue weighted by molar-refractivity contribution is 0.242. The van der Waals surface area contributed by atoms with E-state index in [1.165, 1.54) is 11.1 Å². The van der Waals surface area contributed by atoms with Crippen LogP contribution >= 0.6 is 0 Å². The third kappa shape index (κ3) is 4.25. The van der Waals surface area contributed by atoms with Crippen molar-refractivity contribution in [3.05, 3.63) is 89.3 Å². The zero-order valence-electron chi connectivity index (χ0n) is 19.9. The molecule has 0 radical (unpaired) electrons. The maximum Gasteiger partial charge on any atom is 0.223 e. The number of ether oxygens (including phenoxy) is 2. The van der Waals surface area contributed by atoms with Crippen LogP contribution in [0.15, 0.2) is 71.5 Å². The van der Waals surface area contributed by atoms with Gasteiger partial charge in [-0.05, 0) is 47.4 Å². The Bertz CT molecular complexity index is 1500. The molecule has 9 heteroatoms. The predicted molar refractivity (Wildman–Crippen MR) is 134 cm³/mol. The lowest BCUT2D eigenvalue weighted by Crippen LogP contribution is -2.30. The fourth-order valence-electron chi connectivity index (χ4n) is 4.56. The van der Waals surface area contributed by atoms with Crippen molar-refractivity contribution in [1.29, 1.82) is 0 Å². The summed E-state index contributed by atoms with van der Waals surface area (Å²) in [6.45, 7) is 2.82. The van der Waals surface area contributed by atoms with E-state index in [-0.39, 0.29) is 5.95 Å². The van der Waals surface area contributed by atoms with Crippen LogP contribution < -0.4 is 15.2 Å². The number of rotatable bonds is 7. The van der Waals surface area contributed by atoms with Crippen molar-refractivity contribution in [1.82, 2.24) is 24.5 Å². The molecule has 0 saturated heterocycles. The highest BCUT2D eigenvalue weighted by Crippen LogP contribution is 2.34. The van der Waals surface area contributed by atoms with Crippen LogP contribution in [0.5, 0.6) is 11.5 Å². The second-order valence-electron chi connectivity index (χ2n) is 8.80. The van der Waals surface area contributed by atoms with E-state index >= 15 is 0 Å². The first kappa shape index (κ1) is 22.1. The van der Waals surface area contributed by atoms with E-state index in [1.807, 2.05) is 30.3 Å². The fraction of sp³-hybridized carbons (Fsp3) is 0.222. The first-order chi connectivity index (χ1) is 17.7. The van der Waals surface area contributed by atoms with E-state index in [4.69, 9.17) is 24.6 Å². The molecule has 0 aliphatic carbocycles. The van der Waals surface area contributed by atoms with Crippen molar-refractivity contribution >= 4 is 11.6 Å². The van der Waals surface area contributed by atoms with Gasteiger partial charge in [0.2, 0.25) is 11.8 Å². The van der Waals surface area contributed by atoms with Gasteiger partial charge in [0.05, 0.1) is 13.4 Å². The van der Waals surface area contributed by atoms with Gasteiger partial charge in [-0.15, -0.1) is 5.10 Å². The molecule has 182 valence electrons. The zero-order valence-corrected chi connectivity index (χ0v) is 19.9. The smallest absolute Gasteiger partial charge is 0.223 e. The van der Waals surface area contributed by atoms with Crippen molar-refractivity contribution in [2.24, 2.45) is 0 Å². The van der Waals surface area contributed by atoms with Gasteiger partial charge >= 0.3 is 0 Å². The number of aromatic nitrogens is 4. The second kappa shape index (κ2) is 9.35. The highest BCUT2D eigenvalue weighted by Gasteiger charge is 2.22. The number of hydrogen-bond acceptors (Lipinski definition) is 8. The van der Waals surface area contributed by atoms with Gasteiger partial charge < -0.3 is 19.6 Å². The number of nitrogens with two attached hydrogens (primary N) is 1. The third-order valence-corrected chi connectivity index (χ3v) is 6.41. The minimum Gasteiger partial charge on any atom is -0.493 e. The van der Waals surface area contributed by atoms with Crippen LogP contribution in [0.25, 0.3) is 17.2 Å². The molecule has 0 bridgehead atoms. The van der Waals surface area contributed by atoms with Crippen LogP contribution in [-0.2, 0) is 26.1 Å². The molecule has 2 aromatic carbocycles. The maximum absolute atomic E-state index is 6.14. The number of benzene rings is 2. The summed E-state index contributed by atoms with van der Waals surface area (Å²) in [5, 5.41) is 4.50. The molecule has 1 aliphatic heterocycles. The number of methoxy groups -OCH3 is 1. The van der Waals surface area contributed by atoms with Gasteiger partial charge in [-0.3, -0.25) is 4.90 Å². The summed E-state index contributed by atoms with van der Waals surface area (Å²) >= 11 is 0. The Morgan fingerprint density at radius 2 is 1.92 bits per heavy atom. The van der Waals surface area contributed by atoms with E-state index in [9.17, 15) is 0 Å². The number of nitrogens with zero attached hydrogens (tertiary/aromatic N) is 5. The Kier molecular flexibility index (Phi) is 5.74. The SMILES string of the molecule is COc1cc2c(cc1OCc1ccccc1)CN(Cc1cnc(N)n3nc(-c4ccco4)nc13)CC2. The largest absolute Gasteiger partial charge is 0.493 e. The molecule has 0 unspecified atom stereocenters. The van der Waals surface area contributed by atoms with E-state index in [1.54, 1.807) is 24.1 Å². The van der Waals surface area contributed by atoms with Gasteiger partial charge in [0.25, 0.3) is 0 Å². The van der Waals surface area contributed by atoms with Crippen molar-refractivity contribution in [2.45, 2.75) is 26.1 Å². The number of fused-ring (bicyclic) bond motifs is 2. The van der Waals surface area contributed by atoms with Gasteiger partial charge in [-0.25, -0.2) is 9.97 Å². The van der Waals surface area contributed by atoms with Gasteiger partial charge in [0.15, 0.2) is 22.9 Å². The molecule has 0 spiro atoms. The number of nitrogen functional groups attached to an aromatic ring is 1. The minimum absolute atomic E-state index is 0.287. The molecule has 3 aromatic heterocycles. The Balaban J connectivity index is 1.24. The summed E-state index contributed by atoms with van der Waals surface area (Å²) in [6.07, 6.45) is 4.29. The number of anilines is 1. The molecule has 0 saturated carbocycles. The predicted octanol–water partition coefficient (Wildman–Crippen LogP) is 4.11. The standard InChI is InChI=1S/C27H26N6O3/c1-34-23-12-19-9-10-32(15-20(19)13-24(23)36-17-18-6-3-2-4-7-18)16-21-14-29-27(28)33-26(21)30-25(31-33)22-8-5-11-35-22/h2-8,11-14H,9-10,15-17H2,1H3,(H2,28,29). The number of furan rings is 1. The van der Waals surface area contributed by atoms with Gasteiger partial charge in [0.1, 0.15) is 6.61 Å². The molecular formula is C27H26N6O3. The quantitative estimate of drug-likeness (QED) is 0.370. The zero-order chi connectivity index (χ0) is 24.5. The Morgan fingerprint density at radius 1 is 1.06 bits per heavy atom. The Morgan fingerprint density at radius 3 is 2.72 bits per heavy atom. The third-order valence-electron chi connectivity index (χ3n) is 6.41. The lowest BCUT2D eigenvalue weighted by Gasteiger charge is -2.29. The molecule has 6 rings (SSSR count). The summed E-state index contributed by atoms with van der Waals surface area (Å²) in [7, 11) is 1.68. The van der Waals surface area contributed by atoms with Crippen LogP contribution in [-0.4, -0.2) is 38.1 Å². The molecular weight excluding hydrogens is 456 g/mol. The van der Waals surface area contributed by atoms with E-state index in [2.05, 4.69) is 39.2 Å². The van der Waals surface area contributed by atoms with Crippen molar-refractivity contribution in [3.8, 4) is 23.1 Å². The molecule has 9 nitrogen and oxygen atoms in total. The van der Waals surface area contributed by atoms with Gasteiger partial charge in [0, 0.05) is 31.4 Å². The summed E-state index contributed by atoms with van der Waals surface area (Å²) in [5.41, 5.74) is 11.3. The Hall–Kier alpha value is -4.37. The highest BCUT2D eigenvalue weighted by atomic mass is 16.5. The molecule has 0 amide bonds. The molecule has 0 fully saturated rings. The molecule has 0 atom stereocenters. The maximum atomic E-state index is 6.14. The molecule has 2 N–H and O–H groups in total. The van der Waals surface area contributed by atoms with Gasteiger partial charge in [-0.1, -0.05) is 30.3 Å². The van der Waals surface area contributed by atoms with Crippen molar-refractivity contribution < 1.29 is 13.9 Å². The van der Waals surface area contributed by atoms with E-state index < -0.39 is 0 Å². The summed E-state index contributed by atoms with van der Waals surface area (Å²) < 4.78 is 18.8. The topological polar surface area (TPSA) is 104 Å². The number of hydrogen-bond donors (Lipinski definition) is 1. The molecule has 1 aliphatic rings. The molecule has 4 heterocycles. The summed E-state index contributed by atoms with van der Waals surface area (Å²) in [5.74, 6) is 2.87. The van der Waals surface area contributed by atoms with E-state index in [0.29, 0.717) is 30.4 Å².